The van der Waals surface area contributed by atoms with E-state index in [2.05, 4.69) is 4.98 Å². The summed E-state index contributed by atoms with van der Waals surface area (Å²) in [7, 11) is 0. The number of Topliss-reactive ketones (excluding diaryl/α,β-unsaturated/α-hetero) is 1. The predicted octanol–water partition coefficient (Wildman–Crippen LogP) is 1.55. The van der Waals surface area contributed by atoms with Gasteiger partial charge in [0, 0.05) is 23.0 Å². The molecule has 1 heterocycles. The molecule has 78 valence electrons. The number of rotatable bonds is 4. The standard InChI is InChI=1S/C10H16N2OS/c1-6-5-14-10(12-6)4-9(13)7(2)8(3)11/h5,7-8H,4,11H2,1-3H3. The number of aryl methyl sites for hydroxylation is 1. The summed E-state index contributed by atoms with van der Waals surface area (Å²) in [6.45, 7) is 5.66. The van der Waals surface area contributed by atoms with E-state index in [1.165, 1.54) is 11.3 Å². The van der Waals surface area contributed by atoms with Crippen molar-refractivity contribution in [1.82, 2.24) is 4.98 Å². The Kier molecular flexibility index (Phi) is 3.77. The molecule has 1 aromatic heterocycles. The number of hydrogen-bond acceptors (Lipinski definition) is 4. The second-order valence-electron chi connectivity index (χ2n) is 3.67. The Bertz CT molecular complexity index is 320. The Balaban J connectivity index is 2.57. The quantitative estimate of drug-likeness (QED) is 0.823. The number of carbonyl (C=O) groups is 1. The van der Waals surface area contributed by atoms with Crippen molar-refractivity contribution >= 4 is 17.1 Å². The Morgan fingerprint density at radius 3 is 2.71 bits per heavy atom. The van der Waals surface area contributed by atoms with Crippen LogP contribution >= 0.6 is 11.3 Å². The van der Waals surface area contributed by atoms with Gasteiger partial charge in [0.25, 0.3) is 0 Å². The lowest BCUT2D eigenvalue weighted by Crippen LogP contribution is -2.31. The van der Waals surface area contributed by atoms with Crippen molar-refractivity contribution in [2.45, 2.75) is 33.2 Å². The average Bonchev–Trinajstić information content (AvgIpc) is 2.49. The number of nitrogens with two attached hydrogens (primary N) is 1. The van der Waals surface area contributed by atoms with Gasteiger partial charge in [0.15, 0.2) is 0 Å². The molecule has 2 atom stereocenters. The fourth-order valence-corrected chi connectivity index (χ4v) is 1.87. The van der Waals surface area contributed by atoms with Gasteiger partial charge in [-0.05, 0) is 13.8 Å². The van der Waals surface area contributed by atoms with Crippen LogP contribution in [-0.4, -0.2) is 16.8 Å². The number of aromatic nitrogens is 1. The molecular formula is C10H16N2OS. The van der Waals surface area contributed by atoms with Crippen LogP contribution in [0.5, 0.6) is 0 Å². The van der Waals surface area contributed by atoms with E-state index in [1.54, 1.807) is 0 Å². The fraction of sp³-hybridized carbons (Fsp3) is 0.600. The third-order valence-electron chi connectivity index (χ3n) is 2.29. The van der Waals surface area contributed by atoms with Crippen LogP contribution in [0.4, 0.5) is 0 Å². The maximum atomic E-state index is 11.6. The smallest absolute Gasteiger partial charge is 0.144 e. The van der Waals surface area contributed by atoms with Crippen molar-refractivity contribution in [3.63, 3.8) is 0 Å². The normalized spacial score (nSPS) is 15.1. The first kappa shape index (κ1) is 11.3. The minimum Gasteiger partial charge on any atom is -0.327 e. The summed E-state index contributed by atoms with van der Waals surface area (Å²) in [6.07, 6.45) is 0.418. The van der Waals surface area contributed by atoms with Crippen LogP contribution in [0.3, 0.4) is 0 Å². The largest absolute Gasteiger partial charge is 0.327 e. The van der Waals surface area contributed by atoms with Crippen molar-refractivity contribution in [3.05, 3.63) is 16.1 Å². The van der Waals surface area contributed by atoms with E-state index in [0.29, 0.717) is 6.42 Å². The van der Waals surface area contributed by atoms with E-state index in [0.717, 1.165) is 10.7 Å². The van der Waals surface area contributed by atoms with Gasteiger partial charge in [-0.15, -0.1) is 11.3 Å². The molecular weight excluding hydrogens is 196 g/mol. The fourth-order valence-electron chi connectivity index (χ4n) is 1.09. The van der Waals surface area contributed by atoms with E-state index < -0.39 is 0 Å². The van der Waals surface area contributed by atoms with Crippen LogP contribution in [0.25, 0.3) is 0 Å². The highest BCUT2D eigenvalue weighted by molar-refractivity contribution is 7.09. The van der Waals surface area contributed by atoms with Crippen molar-refractivity contribution < 1.29 is 4.79 Å². The summed E-state index contributed by atoms with van der Waals surface area (Å²) in [5.74, 6) is 0.0913. The molecule has 1 aromatic rings. The first-order chi connectivity index (χ1) is 6.50. The topological polar surface area (TPSA) is 56.0 Å². The molecule has 0 radical (unpaired) electrons. The zero-order chi connectivity index (χ0) is 10.7. The number of carbonyl (C=O) groups excluding carboxylic acids is 1. The van der Waals surface area contributed by atoms with E-state index >= 15 is 0 Å². The lowest BCUT2D eigenvalue weighted by atomic mass is 9.97. The summed E-state index contributed by atoms with van der Waals surface area (Å²) in [4.78, 5) is 15.9. The van der Waals surface area contributed by atoms with Gasteiger partial charge in [0.05, 0.1) is 6.42 Å². The van der Waals surface area contributed by atoms with Crippen molar-refractivity contribution in [3.8, 4) is 0 Å². The molecule has 0 aliphatic carbocycles. The first-order valence-electron chi connectivity index (χ1n) is 4.70. The minimum absolute atomic E-state index is 0.0800. The first-order valence-corrected chi connectivity index (χ1v) is 5.58. The van der Waals surface area contributed by atoms with Gasteiger partial charge in [-0.2, -0.15) is 0 Å². The molecule has 0 spiro atoms. The molecule has 0 aliphatic heterocycles. The number of hydrogen-bond donors (Lipinski definition) is 1. The van der Waals surface area contributed by atoms with Crippen LogP contribution in [0, 0.1) is 12.8 Å². The number of thiazole rings is 1. The Morgan fingerprint density at radius 2 is 2.29 bits per heavy atom. The average molecular weight is 212 g/mol. The van der Waals surface area contributed by atoms with Crippen molar-refractivity contribution in [1.29, 1.82) is 0 Å². The van der Waals surface area contributed by atoms with Crippen molar-refractivity contribution in [2.24, 2.45) is 11.7 Å². The SMILES string of the molecule is Cc1csc(CC(=O)C(C)C(C)N)n1. The van der Waals surface area contributed by atoms with Crippen LogP contribution < -0.4 is 5.73 Å². The number of ketones is 1. The van der Waals surface area contributed by atoms with Gasteiger partial charge in [-0.3, -0.25) is 4.79 Å². The van der Waals surface area contributed by atoms with Gasteiger partial charge in [0.2, 0.25) is 0 Å². The lowest BCUT2D eigenvalue weighted by Gasteiger charge is -2.12. The highest BCUT2D eigenvalue weighted by Gasteiger charge is 2.18. The molecule has 0 amide bonds. The van der Waals surface area contributed by atoms with E-state index in [1.807, 2.05) is 26.2 Å². The van der Waals surface area contributed by atoms with Gasteiger partial charge in [-0.25, -0.2) is 4.98 Å². The molecule has 0 bridgehead atoms. The van der Waals surface area contributed by atoms with Crippen LogP contribution in [-0.2, 0) is 11.2 Å². The summed E-state index contributed by atoms with van der Waals surface area (Å²) in [5.41, 5.74) is 6.64. The Hall–Kier alpha value is -0.740. The van der Waals surface area contributed by atoms with E-state index in [-0.39, 0.29) is 17.7 Å². The van der Waals surface area contributed by atoms with Gasteiger partial charge in [-0.1, -0.05) is 6.92 Å². The van der Waals surface area contributed by atoms with Crippen molar-refractivity contribution in [2.75, 3.05) is 0 Å². The zero-order valence-corrected chi connectivity index (χ0v) is 9.60. The molecule has 1 rings (SSSR count). The molecule has 0 saturated heterocycles. The Labute approximate surface area is 88.3 Å². The monoisotopic (exact) mass is 212 g/mol. The number of nitrogens with zero attached hydrogens (tertiary/aromatic N) is 1. The minimum atomic E-state index is -0.0841. The second-order valence-corrected chi connectivity index (χ2v) is 4.62. The second kappa shape index (κ2) is 4.66. The summed E-state index contributed by atoms with van der Waals surface area (Å²) in [5, 5.41) is 2.85. The molecule has 4 heteroatoms. The third kappa shape index (κ3) is 2.89. The molecule has 0 aromatic carbocycles. The molecule has 0 fully saturated rings. The zero-order valence-electron chi connectivity index (χ0n) is 8.78. The van der Waals surface area contributed by atoms with Crippen LogP contribution in [0.15, 0.2) is 5.38 Å². The summed E-state index contributed by atoms with van der Waals surface area (Å²) in [6, 6.07) is -0.0800. The Morgan fingerprint density at radius 1 is 1.64 bits per heavy atom. The van der Waals surface area contributed by atoms with Gasteiger partial charge in [0.1, 0.15) is 10.8 Å². The third-order valence-corrected chi connectivity index (χ3v) is 3.26. The highest BCUT2D eigenvalue weighted by atomic mass is 32.1. The highest BCUT2D eigenvalue weighted by Crippen LogP contribution is 2.13. The van der Waals surface area contributed by atoms with Gasteiger partial charge < -0.3 is 5.73 Å². The molecule has 2 N–H and O–H groups in total. The molecule has 0 saturated carbocycles. The molecule has 0 aliphatic rings. The van der Waals surface area contributed by atoms with Crippen LogP contribution in [0.2, 0.25) is 0 Å². The molecule has 3 nitrogen and oxygen atoms in total. The van der Waals surface area contributed by atoms with Gasteiger partial charge >= 0.3 is 0 Å². The van der Waals surface area contributed by atoms with Crippen LogP contribution in [0.1, 0.15) is 24.5 Å². The summed E-state index contributed by atoms with van der Waals surface area (Å²) >= 11 is 1.53. The predicted molar refractivity (Wildman–Crippen MR) is 58.4 cm³/mol. The van der Waals surface area contributed by atoms with E-state index in [4.69, 9.17) is 5.73 Å². The molecule has 14 heavy (non-hydrogen) atoms. The maximum absolute atomic E-state index is 11.6. The summed E-state index contributed by atoms with van der Waals surface area (Å²) < 4.78 is 0. The van der Waals surface area contributed by atoms with E-state index in [9.17, 15) is 4.79 Å². The lowest BCUT2D eigenvalue weighted by molar-refractivity contribution is -0.122. The molecule has 2 unspecified atom stereocenters. The maximum Gasteiger partial charge on any atom is 0.144 e.